The minimum Gasteiger partial charge on any atom is -0.399 e. The third-order valence-electron chi connectivity index (χ3n) is 2.90. The normalized spacial score (nSPS) is 20.7. The molecule has 1 saturated heterocycles. The first-order chi connectivity index (χ1) is 7.74. The SMILES string of the molecule is Nc1cc(Cl)c2nc(C3CCOC3)[nH]c2c1. The van der Waals surface area contributed by atoms with Gasteiger partial charge < -0.3 is 15.5 Å². The summed E-state index contributed by atoms with van der Waals surface area (Å²) in [7, 11) is 0. The predicted octanol–water partition coefficient (Wildman–Crippen LogP) is 2.30. The summed E-state index contributed by atoms with van der Waals surface area (Å²) in [5, 5.41) is 0.594. The van der Waals surface area contributed by atoms with Crippen molar-refractivity contribution in [1.29, 1.82) is 0 Å². The molecular weight excluding hydrogens is 226 g/mol. The molecule has 0 saturated carbocycles. The Balaban J connectivity index is 2.11. The maximum Gasteiger partial charge on any atom is 0.112 e. The molecule has 3 rings (SSSR count). The lowest BCUT2D eigenvalue weighted by Crippen LogP contribution is -1.99. The van der Waals surface area contributed by atoms with Gasteiger partial charge in [0.2, 0.25) is 0 Å². The number of fused-ring (bicyclic) bond motifs is 1. The van der Waals surface area contributed by atoms with Gasteiger partial charge in [-0.1, -0.05) is 11.6 Å². The van der Waals surface area contributed by atoms with Crippen LogP contribution in [0.3, 0.4) is 0 Å². The number of imidazole rings is 1. The van der Waals surface area contributed by atoms with Gasteiger partial charge in [0.25, 0.3) is 0 Å². The maximum absolute atomic E-state index is 6.09. The minimum absolute atomic E-state index is 0.352. The summed E-state index contributed by atoms with van der Waals surface area (Å²) < 4.78 is 5.34. The second-order valence-corrected chi connectivity index (χ2v) is 4.49. The van der Waals surface area contributed by atoms with E-state index in [1.165, 1.54) is 0 Å². The summed E-state index contributed by atoms with van der Waals surface area (Å²) in [5.74, 6) is 1.30. The molecule has 3 N–H and O–H groups in total. The van der Waals surface area contributed by atoms with E-state index >= 15 is 0 Å². The lowest BCUT2D eigenvalue weighted by molar-refractivity contribution is 0.193. The van der Waals surface area contributed by atoms with Gasteiger partial charge in [-0.05, 0) is 18.6 Å². The molecule has 16 heavy (non-hydrogen) atoms. The molecule has 1 fully saturated rings. The summed E-state index contributed by atoms with van der Waals surface area (Å²) in [6.45, 7) is 1.53. The fourth-order valence-electron chi connectivity index (χ4n) is 2.06. The fourth-order valence-corrected chi connectivity index (χ4v) is 2.33. The molecule has 1 atom stereocenters. The third kappa shape index (κ3) is 1.54. The van der Waals surface area contributed by atoms with Crippen molar-refractivity contribution in [3.8, 4) is 0 Å². The number of anilines is 1. The van der Waals surface area contributed by atoms with E-state index in [1.54, 1.807) is 6.07 Å². The van der Waals surface area contributed by atoms with Gasteiger partial charge in [0.05, 0.1) is 17.1 Å². The van der Waals surface area contributed by atoms with Crippen molar-refractivity contribution in [3.63, 3.8) is 0 Å². The Hall–Kier alpha value is -1.26. The highest BCUT2D eigenvalue weighted by Crippen LogP contribution is 2.29. The monoisotopic (exact) mass is 237 g/mol. The minimum atomic E-state index is 0.352. The lowest BCUT2D eigenvalue weighted by Gasteiger charge is -2.00. The van der Waals surface area contributed by atoms with E-state index in [0.717, 1.165) is 36.5 Å². The Morgan fingerprint density at radius 2 is 2.38 bits per heavy atom. The number of aromatic amines is 1. The molecule has 4 nitrogen and oxygen atoms in total. The second kappa shape index (κ2) is 3.64. The van der Waals surface area contributed by atoms with Gasteiger partial charge in [0, 0.05) is 18.2 Å². The van der Waals surface area contributed by atoms with Crippen molar-refractivity contribution in [3.05, 3.63) is 23.0 Å². The summed E-state index contributed by atoms with van der Waals surface area (Å²) >= 11 is 6.09. The van der Waals surface area contributed by atoms with Gasteiger partial charge in [0.1, 0.15) is 11.3 Å². The van der Waals surface area contributed by atoms with Gasteiger partial charge in [-0.3, -0.25) is 0 Å². The van der Waals surface area contributed by atoms with E-state index in [9.17, 15) is 0 Å². The van der Waals surface area contributed by atoms with Crippen LogP contribution in [0, 0.1) is 0 Å². The number of benzene rings is 1. The van der Waals surface area contributed by atoms with Crippen molar-refractivity contribution >= 4 is 28.3 Å². The highest BCUT2D eigenvalue weighted by molar-refractivity contribution is 6.35. The lowest BCUT2D eigenvalue weighted by atomic mass is 10.1. The summed E-state index contributed by atoms with van der Waals surface area (Å²) in [4.78, 5) is 7.78. The van der Waals surface area contributed by atoms with Gasteiger partial charge in [0.15, 0.2) is 0 Å². The number of aromatic nitrogens is 2. The average Bonchev–Trinajstić information content (AvgIpc) is 2.82. The smallest absolute Gasteiger partial charge is 0.112 e. The molecule has 0 radical (unpaired) electrons. The van der Waals surface area contributed by atoms with Crippen LogP contribution in [-0.2, 0) is 4.74 Å². The Kier molecular flexibility index (Phi) is 2.26. The number of nitrogens with two attached hydrogens (primary N) is 1. The fraction of sp³-hybridized carbons (Fsp3) is 0.364. The van der Waals surface area contributed by atoms with Crippen molar-refractivity contribution in [2.24, 2.45) is 0 Å². The zero-order valence-corrected chi connectivity index (χ0v) is 9.42. The van der Waals surface area contributed by atoms with Crippen LogP contribution in [0.1, 0.15) is 18.2 Å². The maximum atomic E-state index is 6.09. The topological polar surface area (TPSA) is 63.9 Å². The Morgan fingerprint density at radius 1 is 1.50 bits per heavy atom. The van der Waals surface area contributed by atoms with E-state index in [-0.39, 0.29) is 0 Å². The van der Waals surface area contributed by atoms with Crippen LogP contribution in [0.5, 0.6) is 0 Å². The van der Waals surface area contributed by atoms with Crippen LogP contribution in [-0.4, -0.2) is 23.2 Å². The van der Waals surface area contributed by atoms with Gasteiger partial charge in [-0.15, -0.1) is 0 Å². The van der Waals surface area contributed by atoms with Crippen LogP contribution in [0.4, 0.5) is 5.69 Å². The van der Waals surface area contributed by atoms with E-state index in [1.807, 2.05) is 6.07 Å². The van der Waals surface area contributed by atoms with Crippen molar-refractivity contribution in [1.82, 2.24) is 9.97 Å². The molecule has 1 aliphatic rings. The first-order valence-corrected chi connectivity index (χ1v) is 5.64. The number of nitrogens with zero attached hydrogens (tertiary/aromatic N) is 1. The molecule has 1 aromatic carbocycles. The first-order valence-electron chi connectivity index (χ1n) is 5.26. The van der Waals surface area contributed by atoms with Crippen LogP contribution >= 0.6 is 11.6 Å². The second-order valence-electron chi connectivity index (χ2n) is 4.08. The molecule has 1 aliphatic heterocycles. The Labute approximate surface area is 97.8 Å². The largest absolute Gasteiger partial charge is 0.399 e. The molecule has 1 unspecified atom stereocenters. The molecule has 84 valence electrons. The van der Waals surface area contributed by atoms with Crippen LogP contribution < -0.4 is 5.73 Å². The summed E-state index contributed by atoms with van der Waals surface area (Å²) in [6.07, 6.45) is 1.01. The molecule has 0 spiro atoms. The van der Waals surface area contributed by atoms with Crippen molar-refractivity contribution in [2.45, 2.75) is 12.3 Å². The molecule has 1 aromatic heterocycles. The van der Waals surface area contributed by atoms with Crippen molar-refractivity contribution in [2.75, 3.05) is 18.9 Å². The number of ether oxygens (including phenoxy) is 1. The van der Waals surface area contributed by atoms with Crippen LogP contribution in [0.25, 0.3) is 11.0 Å². The average molecular weight is 238 g/mol. The number of H-pyrrole nitrogens is 1. The van der Waals surface area contributed by atoms with Crippen LogP contribution in [0.15, 0.2) is 12.1 Å². The van der Waals surface area contributed by atoms with Crippen molar-refractivity contribution < 1.29 is 4.74 Å². The number of nitrogen functional groups attached to an aromatic ring is 1. The first kappa shape index (κ1) is 9.93. The molecule has 0 amide bonds. The molecule has 2 heterocycles. The summed E-state index contributed by atoms with van der Waals surface area (Å²) in [6, 6.07) is 3.58. The van der Waals surface area contributed by atoms with Gasteiger partial charge >= 0.3 is 0 Å². The van der Waals surface area contributed by atoms with Gasteiger partial charge in [-0.2, -0.15) is 0 Å². The standard InChI is InChI=1S/C11H12ClN3O/c12-8-3-7(13)4-9-10(8)15-11(14-9)6-1-2-16-5-6/h3-4,6H,1-2,5,13H2,(H,14,15). The van der Waals surface area contributed by atoms with Gasteiger partial charge in [-0.25, -0.2) is 4.98 Å². The van der Waals surface area contributed by atoms with E-state index in [4.69, 9.17) is 22.1 Å². The zero-order chi connectivity index (χ0) is 11.1. The molecule has 5 heteroatoms. The van der Waals surface area contributed by atoms with E-state index < -0.39 is 0 Å². The Bertz CT molecular complexity index is 531. The number of rotatable bonds is 1. The highest BCUT2D eigenvalue weighted by atomic mass is 35.5. The predicted molar refractivity (Wildman–Crippen MR) is 63.7 cm³/mol. The number of halogens is 1. The van der Waals surface area contributed by atoms with E-state index in [2.05, 4.69) is 9.97 Å². The molecule has 0 aliphatic carbocycles. The number of hydrogen-bond acceptors (Lipinski definition) is 3. The van der Waals surface area contributed by atoms with E-state index in [0.29, 0.717) is 16.6 Å². The van der Waals surface area contributed by atoms with Crippen LogP contribution in [0.2, 0.25) is 5.02 Å². The molecule has 2 aromatic rings. The number of hydrogen-bond donors (Lipinski definition) is 2. The molecular formula is C11H12ClN3O. The highest BCUT2D eigenvalue weighted by Gasteiger charge is 2.21. The number of nitrogens with one attached hydrogen (secondary N) is 1. The Morgan fingerprint density at radius 3 is 3.12 bits per heavy atom. The molecule has 0 bridgehead atoms. The summed E-state index contributed by atoms with van der Waals surface area (Å²) in [5.41, 5.74) is 8.06. The zero-order valence-electron chi connectivity index (χ0n) is 8.66. The quantitative estimate of drug-likeness (QED) is 0.748. The third-order valence-corrected chi connectivity index (χ3v) is 3.19.